The fourth-order valence-corrected chi connectivity index (χ4v) is 3.84. The summed E-state index contributed by atoms with van der Waals surface area (Å²) in [4.78, 5) is 39.1. The summed E-state index contributed by atoms with van der Waals surface area (Å²) in [6.07, 6.45) is 0.464. The summed E-state index contributed by atoms with van der Waals surface area (Å²) in [6.45, 7) is 0.152. The van der Waals surface area contributed by atoms with Crippen LogP contribution in [-0.2, 0) is 4.79 Å². The molecule has 4 rings (SSSR count). The van der Waals surface area contributed by atoms with E-state index in [0.717, 1.165) is 5.39 Å². The highest BCUT2D eigenvalue weighted by molar-refractivity contribution is 6.44. The van der Waals surface area contributed by atoms with Gasteiger partial charge in [-0.05, 0) is 36.1 Å². The minimum atomic E-state index is -0.336. The van der Waals surface area contributed by atoms with E-state index >= 15 is 0 Å². The number of imide groups is 1. The monoisotopic (exact) mass is 426 g/mol. The summed E-state index contributed by atoms with van der Waals surface area (Å²) in [5, 5.41) is 4.87. The maximum Gasteiger partial charge on any atom is 0.261 e. The number of rotatable bonds is 5. The van der Waals surface area contributed by atoms with Crippen LogP contribution in [0.3, 0.4) is 0 Å². The molecule has 0 radical (unpaired) electrons. The van der Waals surface area contributed by atoms with Crippen molar-refractivity contribution in [2.45, 2.75) is 12.8 Å². The van der Waals surface area contributed by atoms with Crippen LogP contribution in [0.1, 0.15) is 33.6 Å². The fourth-order valence-electron chi connectivity index (χ4n) is 3.49. The lowest BCUT2D eigenvalue weighted by molar-refractivity contribution is -0.116. The van der Waals surface area contributed by atoms with Gasteiger partial charge in [0.2, 0.25) is 5.91 Å². The highest BCUT2D eigenvalue weighted by atomic mass is 35.5. The van der Waals surface area contributed by atoms with E-state index in [1.165, 1.54) is 4.90 Å². The van der Waals surface area contributed by atoms with Gasteiger partial charge in [0, 0.05) is 29.5 Å². The lowest BCUT2D eigenvalue weighted by atomic mass is 9.94. The van der Waals surface area contributed by atoms with Gasteiger partial charge in [0.1, 0.15) is 0 Å². The van der Waals surface area contributed by atoms with Crippen molar-refractivity contribution in [1.82, 2.24) is 4.90 Å². The van der Waals surface area contributed by atoms with E-state index in [0.29, 0.717) is 33.6 Å². The Kier molecular flexibility index (Phi) is 5.26. The number of benzene rings is 3. The number of halogens is 2. The molecule has 0 spiro atoms. The SMILES string of the molecule is O=C(CCCN1C(=O)c2cccc3cccc(c23)C1=O)Nc1cccc(Cl)c1Cl. The van der Waals surface area contributed by atoms with Gasteiger partial charge in [0.15, 0.2) is 0 Å². The molecule has 0 atom stereocenters. The molecule has 3 aromatic carbocycles. The van der Waals surface area contributed by atoms with Gasteiger partial charge in [-0.25, -0.2) is 0 Å². The topological polar surface area (TPSA) is 66.5 Å². The molecule has 0 saturated heterocycles. The average Bonchev–Trinajstić information content (AvgIpc) is 2.72. The predicted molar refractivity (Wildman–Crippen MR) is 114 cm³/mol. The first-order valence-electron chi connectivity index (χ1n) is 9.09. The quantitative estimate of drug-likeness (QED) is 0.572. The van der Waals surface area contributed by atoms with Crippen LogP contribution < -0.4 is 5.32 Å². The first-order valence-corrected chi connectivity index (χ1v) is 9.85. The molecule has 0 aromatic heterocycles. The van der Waals surface area contributed by atoms with E-state index in [-0.39, 0.29) is 35.7 Å². The van der Waals surface area contributed by atoms with Crippen LogP contribution in [0.15, 0.2) is 54.6 Å². The summed E-state index contributed by atoms with van der Waals surface area (Å²) in [5.41, 5.74) is 1.44. The van der Waals surface area contributed by atoms with Gasteiger partial charge < -0.3 is 5.32 Å². The van der Waals surface area contributed by atoms with Crippen LogP contribution in [0.5, 0.6) is 0 Å². The Labute approximate surface area is 177 Å². The minimum Gasteiger partial charge on any atom is -0.325 e. The fraction of sp³-hybridized carbons (Fsp3) is 0.136. The highest BCUT2D eigenvalue weighted by Gasteiger charge is 2.32. The van der Waals surface area contributed by atoms with Crippen LogP contribution in [0.25, 0.3) is 10.8 Å². The van der Waals surface area contributed by atoms with Crippen molar-refractivity contribution in [3.05, 3.63) is 75.8 Å². The molecular formula is C22H16Cl2N2O3. The van der Waals surface area contributed by atoms with Crippen LogP contribution >= 0.6 is 23.2 Å². The smallest absolute Gasteiger partial charge is 0.261 e. The van der Waals surface area contributed by atoms with Crippen LogP contribution in [0.2, 0.25) is 10.0 Å². The first kappa shape index (κ1) is 19.4. The Balaban J connectivity index is 1.44. The molecule has 3 amide bonds. The van der Waals surface area contributed by atoms with Gasteiger partial charge in [-0.1, -0.05) is 53.5 Å². The maximum absolute atomic E-state index is 12.8. The normalized spacial score (nSPS) is 13.1. The second kappa shape index (κ2) is 7.85. The number of nitrogens with zero attached hydrogens (tertiary/aromatic N) is 1. The van der Waals surface area contributed by atoms with Gasteiger partial charge in [-0.2, -0.15) is 0 Å². The van der Waals surface area contributed by atoms with Crippen molar-refractivity contribution in [1.29, 1.82) is 0 Å². The molecule has 0 saturated carbocycles. The standard InChI is InChI=1S/C22H16Cl2N2O3/c23-16-9-3-10-17(20(16)24)25-18(27)11-4-12-26-21(28)14-7-1-5-13-6-2-8-15(19(13)14)22(26)29/h1-3,5-10H,4,11-12H2,(H,25,27). The van der Waals surface area contributed by atoms with E-state index in [1.54, 1.807) is 42.5 Å². The van der Waals surface area contributed by atoms with E-state index in [9.17, 15) is 14.4 Å². The third-order valence-corrected chi connectivity index (χ3v) is 5.69. The summed E-state index contributed by atoms with van der Waals surface area (Å²) in [7, 11) is 0. The van der Waals surface area contributed by atoms with Gasteiger partial charge in [-0.15, -0.1) is 0 Å². The summed E-state index contributed by atoms with van der Waals surface area (Å²) in [5.74, 6) is -0.941. The van der Waals surface area contributed by atoms with Gasteiger partial charge in [-0.3, -0.25) is 19.3 Å². The van der Waals surface area contributed by atoms with Crippen molar-refractivity contribution >= 4 is 57.4 Å². The minimum absolute atomic E-state index is 0.131. The molecule has 5 nitrogen and oxygen atoms in total. The number of anilines is 1. The molecule has 146 valence electrons. The molecule has 0 aliphatic carbocycles. The Morgan fingerprint density at radius 1 is 0.897 bits per heavy atom. The van der Waals surface area contributed by atoms with Crippen molar-refractivity contribution in [3.63, 3.8) is 0 Å². The van der Waals surface area contributed by atoms with E-state index in [1.807, 2.05) is 12.1 Å². The predicted octanol–water partition coefficient (Wildman–Crippen LogP) is 5.16. The molecule has 0 fully saturated rings. The van der Waals surface area contributed by atoms with Crippen molar-refractivity contribution in [3.8, 4) is 0 Å². The van der Waals surface area contributed by atoms with E-state index in [2.05, 4.69) is 5.32 Å². The van der Waals surface area contributed by atoms with E-state index < -0.39 is 0 Å². The molecular weight excluding hydrogens is 411 g/mol. The van der Waals surface area contributed by atoms with E-state index in [4.69, 9.17) is 23.2 Å². The summed E-state index contributed by atoms with van der Waals surface area (Å²) < 4.78 is 0. The number of hydrogen-bond acceptors (Lipinski definition) is 3. The second-order valence-electron chi connectivity index (χ2n) is 6.72. The highest BCUT2D eigenvalue weighted by Crippen LogP contribution is 2.31. The number of carbonyl (C=O) groups is 3. The Morgan fingerprint density at radius 2 is 1.52 bits per heavy atom. The van der Waals surface area contributed by atoms with Crippen LogP contribution in [0.4, 0.5) is 5.69 Å². The lowest BCUT2D eigenvalue weighted by Crippen LogP contribution is -2.41. The molecule has 3 aromatic rings. The Hall–Kier alpha value is -2.89. The largest absolute Gasteiger partial charge is 0.325 e. The molecule has 1 aliphatic rings. The number of nitrogens with one attached hydrogen (secondary N) is 1. The Morgan fingerprint density at radius 3 is 2.17 bits per heavy atom. The zero-order valence-corrected chi connectivity index (χ0v) is 16.8. The zero-order chi connectivity index (χ0) is 20.5. The summed E-state index contributed by atoms with van der Waals surface area (Å²) in [6, 6.07) is 15.8. The third kappa shape index (κ3) is 3.59. The Bertz CT molecular complexity index is 1110. The number of amides is 3. The zero-order valence-electron chi connectivity index (χ0n) is 15.2. The molecule has 1 aliphatic heterocycles. The molecule has 0 bridgehead atoms. The maximum atomic E-state index is 12.8. The first-order chi connectivity index (χ1) is 14.0. The van der Waals surface area contributed by atoms with Crippen molar-refractivity contribution in [2.75, 3.05) is 11.9 Å². The molecule has 1 N–H and O–H groups in total. The summed E-state index contributed by atoms with van der Waals surface area (Å²) >= 11 is 12.0. The molecule has 0 unspecified atom stereocenters. The van der Waals surface area contributed by atoms with Gasteiger partial charge in [0.25, 0.3) is 11.8 Å². The number of hydrogen-bond donors (Lipinski definition) is 1. The van der Waals surface area contributed by atoms with Gasteiger partial charge >= 0.3 is 0 Å². The van der Waals surface area contributed by atoms with Crippen LogP contribution in [-0.4, -0.2) is 29.2 Å². The number of carbonyl (C=O) groups excluding carboxylic acids is 3. The molecule has 29 heavy (non-hydrogen) atoms. The second-order valence-corrected chi connectivity index (χ2v) is 7.51. The van der Waals surface area contributed by atoms with Crippen LogP contribution in [0, 0.1) is 0 Å². The van der Waals surface area contributed by atoms with Gasteiger partial charge in [0.05, 0.1) is 15.7 Å². The molecule has 7 heteroatoms. The molecule has 1 heterocycles. The van der Waals surface area contributed by atoms with Crippen molar-refractivity contribution < 1.29 is 14.4 Å². The average molecular weight is 427 g/mol. The lowest BCUT2D eigenvalue weighted by Gasteiger charge is -2.27. The third-order valence-electron chi connectivity index (χ3n) is 4.87. The van der Waals surface area contributed by atoms with Crippen molar-refractivity contribution in [2.24, 2.45) is 0 Å².